The van der Waals surface area contributed by atoms with Crippen molar-refractivity contribution in [3.8, 4) is 32.8 Å². The van der Waals surface area contributed by atoms with Crippen molar-refractivity contribution in [3.05, 3.63) is 78.1 Å². The number of hydrogen-bond donors (Lipinski definition) is 1. The lowest BCUT2D eigenvalue weighted by atomic mass is 9.94. The van der Waals surface area contributed by atoms with E-state index >= 15 is 0 Å². The molecule has 0 amide bonds. The van der Waals surface area contributed by atoms with Crippen LogP contribution in [0.2, 0.25) is 0 Å². The number of thiophene rings is 1. The lowest BCUT2D eigenvalue weighted by Gasteiger charge is -2.19. The Hall–Kier alpha value is -3.20. The third-order valence-corrected chi connectivity index (χ3v) is 7.81. The molecular formula is C26H23N5OS2. The molecule has 5 aromatic rings. The van der Waals surface area contributed by atoms with E-state index in [-0.39, 0.29) is 5.92 Å². The van der Waals surface area contributed by atoms with Gasteiger partial charge in [0.1, 0.15) is 5.82 Å². The minimum atomic E-state index is 0.278. The first kappa shape index (κ1) is 21.3. The summed E-state index contributed by atoms with van der Waals surface area (Å²) in [6.45, 7) is 0.711. The van der Waals surface area contributed by atoms with Crippen molar-refractivity contribution in [3.63, 3.8) is 0 Å². The zero-order valence-corrected chi connectivity index (χ0v) is 20.1. The standard InChI is InChI=1S/C26H23N5OS2/c27-25-23(22-7-4-13-33-22)24(18-10-12-32-34-14-11-18)30-26-20(16-29-31(25)26)19-8-9-21(28-15-19)17-5-2-1-3-6-17/h1-9,13,15-16,18H,10-12,14,27H2. The van der Waals surface area contributed by atoms with E-state index in [1.165, 1.54) is 0 Å². The van der Waals surface area contributed by atoms with Crippen molar-refractivity contribution in [1.82, 2.24) is 19.6 Å². The van der Waals surface area contributed by atoms with E-state index in [4.69, 9.17) is 19.9 Å². The minimum Gasteiger partial charge on any atom is -0.383 e. The van der Waals surface area contributed by atoms with Crippen LogP contribution in [-0.2, 0) is 4.18 Å². The highest BCUT2D eigenvalue weighted by atomic mass is 32.2. The number of aromatic nitrogens is 4. The van der Waals surface area contributed by atoms with Gasteiger partial charge >= 0.3 is 0 Å². The fraction of sp³-hybridized carbons (Fsp3) is 0.192. The summed E-state index contributed by atoms with van der Waals surface area (Å²) in [4.78, 5) is 11.0. The average molecular weight is 486 g/mol. The number of benzene rings is 1. The monoisotopic (exact) mass is 485 g/mol. The van der Waals surface area contributed by atoms with Crippen LogP contribution in [0.1, 0.15) is 24.5 Å². The van der Waals surface area contributed by atoms with Crippen LogP contribution < -0.4 is 5.73 Å². The van der Waals surface area contributed by atoms with E-state index in [0.29, 0.717) is 12.4 Å². The van der Waals surface area contributed by atoms with Gasteiger partial charge in [-0.25, -0.2) is 4.98 Å². The largest absolute Gasteiger partial charge is 0.383 e. The van der Waals surface area contributed by atoms with E-state index in [9.17, 15) is 0 Å². The highest BCUT2D eigenvalue weighted by molar-refractivity contribution is 7.94. The summed E-state index contributed by atoms with van der Waals surface area (Å²) < 4.78 is 7.42. The van der Waals surface area contributed by atoms with E-state index in [1.54, 1.807) is 27.9 Å². The Labute approximate surface area is 206 Å². The van der Waals surface area contributed by atoms with Gasteiger partial charge in [0, 0.05) is 39.4 Å². The van der Waals surface area contributed by atoms with Crippen molar-refractivity contribution in [1.29, 1.82) is 0 Å². The third kappa shape index (κ3) is 3.87. The Morgan fingerprint density at radius 2 is 1.88 bits per heavy atom. The van der Waals surface area contributed by atoms with E-state index in [0.717, 1.165) is 62.8 Å². The molecule has 1 atom stereocenters. The van der Waals surface area contributed by atoms with Crippen molar-refractivity contribution in [2.75, 3.05) is 18.1 Å². The second kappa shape index (κ2) is 9.21. The fourth-order valence-corrected chi connectivity index (χ4v) is 5.96. The van der Waals surface area contributed by atoms with Crippen molar-refractivity contribution >= 4 is 34.8 Å². The Balaban J connectivity index is 1.48. The Morgan fingerprint density at radius 3 is 2.68 bits per heavy atom. The van der Waals surface area contributed by atoms with Gasteiger partial charge in [-0.05, 0) is 42.4 Å². The van der Waals surface area contributed by atoms with Crippen molar-refractivity contribution in [2.24, 2.45) is 0 Å². The molecule has 1 fully saturated rings. The van der Waals surface area contributed by atoms with Crippen LogP contribution >= 0.6 is 23.4 Å². The molecule has 34 heavy (non-hydrogen) atoms. The second-order valence-electron chi connectivity index (χ2n) is 8.24. The molecule has 1 aliphatic heterocycles. The Kier molecular flexibility index (Phi) is 5.78. The number of nitrogens with two attached hydrogens (primary N) is 1. The molecule has 170 valence electrons. The highest BCUT2D eigenvalue weighted by Gasteiger charge is 2.26. The molecule has 2 N–H and O–H groups in total. The maximum Gasteiger partial charge on any atom is 0.165 e. The number of fused-ring (bicyclic) bond motifs is 1. The first-order chi connectivity index (χ1) is 16.8. The molecule has 0 saturated carbocycles. The SMILES string of the molecule is Nc1c(-c2cccs2)c(C2CCOSCC2)nc2c(-c3ccc(-c4ccccc4)nc3)cnn12. The van der Waals surface area contributed by atoms with Gasteiger partial charge in [-0.3, -0.25) is 4.98 Å². The highest BCUT2D eigenvalue weighted by Crippen LogP contribution is 2.41. The van der Waals surface area contributed by atoms with Gasteiger partial charge in [-0.2, -0.15) is 9.61 Å². The van der Waals surface area contributed by atoms with Gasteiger partial charge < -0.3 is 9.92 Å². The Morgan fingerprint density at radius 1 is 0.971 bits per heavy atom. The molecule has 0 spiro atoms. The molecule has 1 aliphatic rings. The van der Waals surface area contributed by atoms with Gasteiger partial charge in [-0.15, -0.1) is 11.3 Å². The van der Waals surface area contributed by atoms with Crippen molar-refractivity contribution < 1.29 is 4.18 Å². The van der Waals surface area contributed by atoms with Gasteiger partial charge in [0.05, 0.1) is 29.8 Å². The fourth-order valence-electron chi connectivity index (χ4n) is 4.45. The molecule has 5 heterocycles. The maximum atomic E-state index is 6.76. The number of hydrogen-bond acceptors (Lipinski definition) is 7. The number of anilines is 1. The summed E-state index contributed by atoms with van der Waals surface area (Å²) in [6, 6.07) is 18.4. The lowest BCUT2D eigenvalue weighted by Crippen LogP contribution is -2.11. The molecule has 6 nitrogen and oxygen atoms in total. The normalized spacial score (nSPS) is 16.5. The number of rotatable bonds is 4. The van der Waals surface area contributed by atoms with Crippen LogP contribution in [0.5, 0.6) is 0 Å². The van der Waals surface area contributed by atoms with Crippen LogP contribution in [0.25, 0.3) is 38.5 Å². The summed E-state index contributed by atoms with van der Waals surface area (Å²) >= 11 is 3.22. The van der Waals surface area contributed by atoms with Crippen LogP contribution in [0.3, 0.4) is 0 Å². The average Bonchev–Trinajstić information content (AvgIpc) is 3.49. The van der Waals surface area contributed by atoms with Crippen LogP contribution in [0, 0.1) is 0 Å². The van der Waals surface area contributed by atoms with Gasteiger partial charge in [-0.1, -0.05) is 42.5 Å². The van der Waals surface area contributed by atoms with Gasteiger partial charge in [0.2, 0.25) is 0 Å². The number of nitrogen functional groups attached to an aromatic ring is 1. The first-order valence-electron chi connectivity index (χ1n) is 11.3. The molecule has 0 radical (unpaired) electrons. The topological polar surface area (TPSA) is 78.3 Å². The summed E-state index contributed by atoms with van der Waals surface area (Å²) in [5, 5.41) is 6.70. The predicted molar refractivity (Wildman–Crippen MR) is 140 cm³/mol. The molecule has 1 saturated heterocycles. The molecule has 6 rings (SSSR count). The summed E-state index contributed by atoms with van der Waals surface area (Å²) in [7, 11) is 0. The predicted octanol–water partition coefficient (Wildman–Crippen LogP) is 6.31. The van der Waals surface area contributed by atoms with E-state index < -0.39 is 0 Å². The zero-order chi connectivity index (χ0) is 22.9. The third-order valence-electron chi connectivity index (χ3n) is 6.19. The molecule has 4 aromatic heterocycles. The zero-order valence-electron chi connectivity index (χ0n) is 18.4. The molecule has 1 aromatic carbocycles. The minimum absolute atomic E-state index is 0.278. The van der Waals surface area contributed by atoms with E-state index in [1.807, 2.05) is 42.7 Å². The van der Waals surface area contributed by atoms with Crippen LogP contribution in [0.4, 0.5) is 5.82 Å². The molecular weight excluding hydrogens is 462 g/mol. The first-order valence-corrected chi connectivity index (χ1v) is 13.1. The van der Waals surface area contributed by atoms with Gasteiger partial charge in [0.15, 0.2) is 5.65 Å². The van der Waals surface area contributed by atoms with Crippen molar-refractivity contribution in [2.45, 2.75) is 18.8 Å². The number of pyridine rings is 1. The quantitative estimate of drug-likeness (QED) is 0.301. The van der Waals surface area contributed by atoms with E-state index in [2.05, 4.69) is 34.7 Å². The Bertz CT molecular complexity index is 1410. The molecule has 0 bridgehead atoms. The van der Waals surface area contributed by atoms with Crippen LogP contribution in [-0.4, -0.2) is 31.9 Å². The lowest BCUT2D eigenvalue weighted by molar-refractivity contribution is 0.356. The summed E-state index contributed by atoms with van der Waals surface area (Å²) in [5.41, 5.74) is 13.5. The molecule has 8 heteroatoms. The molecule has 0 aliphatic carbocycles. The van der Waals surface area contributed by atoms with Crippen LogP contribution in [0.15, 0.2) is 72.4 Å². The van der Waals surface area contributed by atoms with Gasteiger partial charge in [0.25, 0.3) is 0 Å². The summed E-state index contributed by atoms with van der Waals surface area (Å²) in [6.07, 6.45) is 5.65. The second-order valence-corrected chi connectivity index (χ2v) is 10.1. The summed E-state index contributed by atoms with van der Waals surface area (Å²) in [5.74, 6) is 1.85. The smallest absolute Gasteiger partial charge is 0.165 e. The maximum absolute atomic E-state index is 6.76. The number of nitrogens with zero attached hydrogens (tertiary/aromatic N) is 4. The molecule has 1 unspecified atom stereocenters.